The predicted octanol–water partition coefficient (Wildman–Crippen LogP) is 7.55. The lowest BCUT2D eigenvalue weighted by atomic mass is 10.0. The molecule has 1 aliphatic rings. The van der Waals surface area contributed by atoms with Crippen LogP contribution in [0.5, 0.6) is 5.75 Å². The average Bonchev–Trinajstić information content (AvgIpc) is 3.60. The number of halogens is 3. The van der Waals surface area contributed by atoms with Crippen LogP contribution >= 0.6 is 34.8 Å². The highest BCUT2D eigenvalue weighted by molar-refractivity contribution is 7.92. The smallest absolute Gasteiger partial charge is 0.264 e. The van der Waals surface area contributed by atoms with Gasteiger partial charge in [-0.15, -0.1) is 0 Å². The van der Waals surface area contributed by atoms with Crippen molar-refractivity contribution in [3.05, 3.63) is 123 Å². The van der Waals surface area contributed by atoms with Gasteiger partial charge < -0.3 is 15.0 Å². The second-order valence-electron chi connectivity index (χ2n) is 11.6. The number of anilines is 1. The number of nitrogens with zero attached hydrogens (tertiary/aromatic N) is 2. The van der Waals surface area contributed by atoms with Crippen molar-refractivity contribution in [3.63, 3.8) is 0 Å². The average molecular weight is 729 g/mol. The van der Waals surface area contributed by atoms with E-state index in [2.05, 4.69) is 5.32 Å². The zero-order valence-electron chi connectivity index (χ0n) is 26.3. The van der Waals surface area contributed by atoms with Crippen LogP contribution in [0.4, 0.5) is 5.69 Å². The topological polar surface area (TPSA) is 96.0 Å². The van der Waals surface area contributed by atoms with Crippen molar-refractivity contribution in [2.75, 3.05) is 18.0 Å². The summed E-state index contributed by atoms with van der Waals surface area (Å²) in [7, 11) is -2.82. The lowest BCUT2D eigenvalue weighted by Crippen LogP contribution is -2.54. The first-order valence-electron chi connectivity index (χ1n) is 15.5. The van der Waals surface area contributed by atoms with E-state index < -0.39 is 28.5 Å². The molecule has 4 aromatic rings. The van der Waals surface area contributed by atoms with Gasteiger partial charge in [0.05, 0.1) is 27.7 Å². The molecular formula is C36H36Cl3N3O5S. The van der Waals surface area contributed by atoms with E-state index in [9.17, 15) is 18.0 Å². The van der Waals surface area contributed by atoms with E-state index in [4.69, 9.17) is 39.5 Å². The fourth-order valence-electron chi connectivity index (χ4n) is 5.79. The number of hydrogen-bond acceptors (Lipinski definition) is 5. The van der Waals surface area contributed by atoms with Gasteiger partial charge in [-0.2, -0.15) is 0 Å². The number of ether oxygens (including phenoxy) is 1. The molecule has 1 atom stereocenters. The van der Waals surface area contributed by atoms with Crippen LogP contribution in [-0.4, -0.2) is 50.9 Å². The predicted molar refractivity (Wildman–Crippen MR) is 190 cm³/mol. The second-order valence-corrected chi connectivity index (χ2v) is 14.7. The minimum Gasteiger partial charge on any atom is -0.497 e. The molecule has 0 bridgehead atoms. The van der Waals surface area contributed by atoms with Gasteiger partial charge in [-0.05, 0) is 78.6 Å². The Morgan fingerprint density at radius 1 is 0.854 bits per heavy atom. The number of sulfonamides is 1. The number of benzene rings is 4. The fraction of sp³-hybridized carbons (Fsp3) is 0.278. The van der Waals surface area contributed by atoms with Gasteiger partial charge in [-0.1, -0.05) is 90.1 Å². The Bertz CT molecular complexity index is 1840. The summed E-state index contributed by atoms with van der Waals surface area (Å²) in [4.78, 5) is 30.2. The Kier molecular flexibility index (Phi) is 11.9. The summed E-state index contributed by atoms with van der Waals surface area (Å²) in [5.41, 5.74) is 1.65. The molecule has 252 valence electrons. The first kappa shape index (κ1) is 35.5. The monoisotopic (exact) mass is 727 g/mol. The van der Waals surface area contributed by atoms with Crippen LogP contribution in [-0.2, 0) is 32.6 Å². The van der Waals surface area contributed by atoms with E-state index in [-0.39, 0.29) is 35.5 Å². The van der Waals surface area contributed by atoms with Gasteiger partial charge in [0.2, 0.25) is 11.8 Å². The van der Waals surface area contributed by atoms with Gasteiger partial charge in [-0.25, -0.2) is 8.42 Å². The van der Waals surface area contributed by atoms with Gasteiger partial charge >= 0.3 is 0 Å². The van der Waals surface area contributed by atoms with Gasteiger partial charge in [0.15, 0.2) is 0 Å². The Morgan fingerprint density at radius 2 is 1.56 bits per heavy atom. The summed E-state index contributed by atoms with van der Waals surface area (Å²) in [6.45, 7) is -0.644. The third kappa shape index (κ3) is 8.82. The normalized spacial score (nSPS) is 13.9. The highest BCUT2D eigenvalue weighted by atomic mass is 35.5. The molecule has 0 heterocycles. The Hall–Kier alpha value is -3.76. The minimum absolute atomic E-state index is 0.00360. The van der Waals surface area contributed by atoms with E-state index >= 15 is 0 Å². The highest BCUT2D eigenvalue weighted by Crippen LogP contribution is 2.29. The molecule has 1 N–H and O–H groups in total. The van der Waals surface area contributed by atoms with Gasteiger partial charge in [0.1, 0.15) is 18.3 Å². The van der Waals surface area contributed by atoms with Crippen LogP contribution in [0.15, 0.2) is 102 Å². The number of nitrogens with one attached hydrogen (secondary N) is 1. The number of carbonyl (C=O) groups excluding carboxylic acids is 2. The number of methoxy groups -OCH3 is 1. The lowest BCUT2D eigenvalue weighted by molar-refractivity contribution is -0.140. The van der Waals surface area contributed by atoms with Crippen molar-refractivity contribution in [2.45, 2.75) is 55.6 Å². The third-order valence-corrected chi connectivity index (χ3v) is 11.1. The number of hydrogen-bond donors (Lipinski definition) is 1. The molecule has 1 fully saturated rings. The zero-order valence-corrected chi connectivity index (χ0v) is 29.4. The van der Waals surface area contributed by atoms with Gasteiger partial charge in [-0.3, -0.25) is 13.9 Å². The van der Waals surface area contributed by atoms with E-state index in [1.54, 1.807) is 36.4 Å². The largest absolute Gasteiger partial charge is 0.497 e. The molecule has 48 heavy (non-hydrogen) atoms. The molecule has 0 radical (unpaired) electrons. The lowest BCUT2D eigenvalue weighted by Gasteiger charge is -2.34. The van der Waals surface area contributed by atoms with Crippen molar-refractivity contribution >= 4 is 62.3 Å². The quantitative estimate of drug-likeness (QED) is 0.154. The Morgan fingerprint density at radius 3 is 2.21 bits per heavy atom. The molecule has 4 aromatic carbocycles. The Balaban J connectivity index is 1.58. The Labute approximate surface area is 296 Å². The van der Waals surface area contributed by atoms with Gasteiger partial charge in [0.25, 0.3) is 10.0 Å². The van der Waals surface area contributed by atoms with Crippen molar-refractivity contribution in [3.8, 4) is 5.75 Å². The van der Waals surface area contributed by atoms with E-state index in [0.717, 1.165) is 35.6 Å². The standard InChI is InChI=1S/C36H36Cl3N3O5S/c1-47-30-15-17-31(18-16-30)48(45,46)42(29-13-7-10-27(37)22-29)24-35(43)41(23-26-14-19-32(38)33(39)20-26)34(21-25-8-3-2-4-9-25)36(44)40-28-11-5-6-12-28/h2-4,7-10,13-20,22,28,34H,5-6,11-12,21,23-24H2,1H3,(H,40,44). The first-order chi connectivity index (χ1) is 23.0. The summed E-state index contributed by atoms with van der Waals surface area (Å²) in [6, 6.07) is 25.6. The molecule has 0 spiro atoms. The van der Waals surface area contributed by atoms with Crippen LogP contribution < -0.4 is 14.4 Å². The number of carbonyl (C=O) groups is 2. The van der Waals surface area contributed by atoms with Crippen LogP contribution in [0.3, 0.4) is 0 Å². The van der Waals surface area contributed by atoms with E-state index in [1.165, 1.54) is 42.3 Å². The molecule has 0 aromatic heterocycles. The maximum Gasteiger partial charge on any atom is 0.264 e. The molecule has 1 saturated carbocycles. The molecular weight excluding hydrogens is 693 g/mol. The van der Waals surface area contributed by atoms with E-state index in [0.29, 0.717) is 26.4 Å². The molecule has 2 amide bonds. The summed E-state index contributed by atoms with van der Waals surface area (Å²) in [6.07, 6.45) is 3.94. The summed E-state index contributed by atoms with van der Waals surface area (Å²) >= 11 is 18.9. The molecule has 8 nitrogen and oxygen atoms in total. The molecule has 0 saturated heterocycles. The highest BCUT2D eigenvalue weighted by Gasteiger charge is 2.35. The van der Waals surface area contributed by atoms with Crippen LogP contribution in [0.25, 0.3) is 0 Å². The van der Waals surface area contributed by atoms with Crippen molar-refractivity contribution in [1.82, 2.24) is 10.2 Å². The van der Waals surface area contributed by atoms with Crippen LogP contribution in [0.1, 0.15) is 36.8 Å². The van der Waals surface area contributed by atoms with Gasteiger partial charge in [0, 0.05) is 24.0 Å². The summed E-state index contributed by atoms with van der Waals surface area (Å²) in [5, 5.41) is 4.09. The van der Waals surface area contributed by atoms with Crippen molar-refractivity contribution < 1.29 is 22.7 Å². The van der Waals surface area contributed by atoms with E-state index in [1.807, 2.05) is 30.3 Å². The maximum absolute atomic E-state index is 14.6. The number of amides is 2. The molecule has 1 aliphatic carbocycles. The molecule has 5 rings (SSSR count). The van der Waals surface area contributed by atoms with Crippen molar-refractivity contribution in [1.29, 1.82) is 0 Å². The zero-order chi connectivity index (χ0) is 34.3. The molecule has 12 heteroatoms. The minimum atomic E-state index is -4.30. The van der Waals surface area contributed by atoms with Crippen molar-refractivity contribution in [2.24, 2.45) is 0 Å². The summed E-state index contributed by atoms with van der Waals surface area (Å²) in [5.74, 6) is -0.434. The van der Waals surface area contributed by atoms with Crippen LogP contribution in [0.2, 0.25) is 15.1 Å². The number of rotatable bonds is 13. The SMILES string of the molecule is COc1ccc(S(=O)(=O)N(CC(=O)N(Cc2ccc(Cl)c(Cl)c2)C(Cc2ccccc2)C(=O)NC2CCCC2)c2cccc(Cl)c2)cc1. The molecule has 0 aliphatic heterocycles. The molecule has 1 unspecified atom stereocenters. The first-order valence-corrected chi connectivity index (χ1v) is 18.1. The third-order valence-electron chi connectivity index (χ3n) is 8.33. The van der Waals surface area contributed by atoms with Crippen LogP contribution in [0, 0.1) is 0 Å². The second kappa shape index (κ2) is 16.1. The maximum atomic E-state index is 14.6. The fourth-order valence-corrected chi connectivity index (χ4v) is 7.70. The summed E-state index contributed by atoms with van der Waals surface area (Å²) < 4.78 is 34.7.